The Morgan fingerprint density at radius 3 is 2.50 bits per heavy atom. The largest absolute Gasteiger partial charge is 0.394 e. The molecule has 0 amide bonds. The van der Waals surface area contributed by atoms with Crippen LogP contribution in [0.1, 0.15) is 12.5 Å². The smallest absolute Gasteiger partial charge is 0.210 e. The van der Waals surface area contributed by atoms with Crippen molar-refractivity contribution < 1.29 is 17.9 Å². The first-order chi connectivity index (χ1) is 10.5. The molecule has 1 atom stereocenters. The predicted octanol–water partition coefficient (Wildman–Crippen LogP) is 1.61. The number of rotatable bonds is 7. The molecule has 1 aliphatic rings. The normalized spacial score (nSPS) is 18.5. The Balaban J connectivity index is 2.41. The van der Waals surface area contributed by atoms with Crippen molar-refractivity contribution in [3.63, 3.8) is 0 Å². The highest BCUT2D eigenvalue weighted by atomic mass is 32.2. The molecule has 0 radical (unpaired) electrons. The van der Waals surface area contributed by atoms with Crippen molar-refractivity contribution in [1.29, 1.82) is 0 Å². The summed E-state index contributed by atoms with van der Waals surface area (Å²) in [6.07, 6.45) is 4.54. The third-order valence-corrected chi connectivity index (χ3v) is 5.12. The number of Topliss-reactive ketones (excluding diaryl/α,β-unsaturated/α-hetero) is 1. The first-order valence-electron chi connectivity index (χ1n) is 7.04. The van der Waals surface area contributed by atoms with Gasteiger partial charge in [0.15, 0.2) is 0 Å². The van der Waals surface area contributed by atoms with Crippen LogP contribution in [0.5, 0.6) is 0 Å². The molecule has 1 aromatic carbocycles. The summed E-state index contributed by atoms with van der Waals surface area (Å²) in [5.74, 6) is -0.500. The number of carbonyl (C=O) groups excluding carboxylic acids is 1. The minimum absolute atomic E-state index is 0.114. The molecule has 0 spiro atoms. The summed E-state index contributed by atoms with van der Waals surface area (Å²) in [5.41, 5.74) is 1.04. The molecule has 0 aromatic heterocycles. The van der Waals surface area contributed by atoms with Gasteiger partial charge in [0.2, 0.25) is 15.6 Å². The number of sulfone groups is 1. The van der Waals surface area contributed by atoms with Gasteiger partial charge >= 0.3 is 0 Å². The number of hydrogen-bond acceptors (Lipinski definition) is 5. The van der Waals surface area contributed by atoms with Crippen molar-refractivity contribution in [3.05, 3.63) is 53.1 Å². The molecule has 0 saturated carbocycles. The SMILES string of the molecule is CCc1ccc(S(=O)(=O)/C(=C/C=C/NC)C(=O)C2CO2)cc1. The van der Waals surface area contributed by atoms with Crippen molar-refractivity contribution >= 4 is 15.6 Å². The lowest BCUT2D eigenvalue weighted by molar-refractivity contribution is -0.116. The molecule has 0 bridgehead atoms. The Morgan fingerprint density at radius 1 is 1.36 bits per heavy atom. The number of carbonyl (C=O) groups is 1. The van der Waals surface area contributed by atoms with E-state index < -0.39 is 21.7 Å². The summed E-state index contributed by atoms with van der Waals surface area (Å²) < 4.78 is 30.3. The zero-order chi connectivity index (χ0) is 16.2. The summed E-state index contributed by atoms with van der Waals surface area (Å²) in [6, 6.07) is 6.58. The van der Waals surface area contributed by atoms with Gasteiger partial charge in [0.05, 0.1) is 11.5 Å². The van der Waals surface area contributed by atoms with Crippen LogP contribution in [0.2, 0.25) is 0 Å². The lowest BCUT2D eigenvalue weighted by atomic mass is 10.2. The number of hydrogen-bond donors (Lipinski definition) is 1. The van der Waals surface area contributed by atoms with Crippen molar-refractivity contribution in [2.45, 2.75) is 24.3 Å². The molecule has 1 N–H and O–H groups in total. The van der Waals surface area contributed by atoms with Gasteiger partial charge in [0.25, 0.3) is 0 Å². The minimum Gasteiger partial charge on any atom is -0.394 e. The van der Waals surface area contributed by atoms with Gasteiger partial charge in [0.1, 0.15) is 11.0 Å². The lowest BCUT2D eigenvalue weighted by Crippen LogP contribution is -2.18. The van der Waals surface area contributed by atoms with E-state index in [1.165, 1.54) is 24.3 Å². The number of nitrogens with one attached hydrogen (secondary N) is 1. The molecule has 1 aromatic rings. The van der Waals surface area contributed by atoms with Gasteiger partial charge in [-0.2, -0.15) is 0 Å². The Labute approximate surface area is 130 Å². The molecule has 0 aliphatic carbocycles. The van der Waals surface area contributed by atoms with Crippen LogP contribution < -0.4 is 5.32 Å². The highest BCUT2D eigenvalue weighted by molar-refractivity contribution is 7.96. The number of ketones is 1. The van der Waals surface area contributed by atoms with Crippen LogP contribution in [0.4, 0.5) is 0 Å². The van der Waals surface area contributed by atoms with Gasteiger partial charge in [0, 0.05) is 7.05 Å². The number of aryl methyl sites for hydroxylation is 1. The molecular weight excluding hydrogens is 302 g/mol. The first kappa shape index (κ1) is 16.5. The predicted molar refractivity (Wildman–Crippen MR) is 84.0 cm³/mol. The Hall–Kier alpha value is -1.92. The van der Waals surface area contributed by atoms with Gasteiger partial charge in [-0.05, 0) is 42.5 Å². The van der Waals surface area contributed by atoms with Gasteiger partial charge in [-0.3, -0.25) is 4.79 Å². The van der Waals surface area contributed by atoms with Crippen LogP contribution in [-0.2, 0) is 25.8 Å². The van der Waals surface area contributed by atoms with Gasteiger partial charge in [-0.25, -0.2) is 8.42 Å². The number of epoxide rings is 1. The average Bonchev–Trinajstić information content (AvgIpc) is 3.35. The molecule has 2 rings (SSSR count). The van der Waals surface area contributed by atoms with E-state index in [1.807, 2.05) is 6.92 Å². The summed E-state index contributed by atoms with van der Waals surface area (Å²) >= 11 is 0. The second-order valence-electron chi connectivity index (χ2n) is 4.87. The average molecular weight is 321 g/mol. The fourth-order valence-electron chi connectivity index (χ4n) is 1.93. The van der Waals surface area contributed by atoms with Crippen LogP contribution in [0.15, 0.2) is 52.4 Å². The summed E-state index contributed by atoms with van der Waals surface area (Å²) in [7, 11) is -2.17. The van der Waals surface area contributed by atoms with Gasteiger partial charge < -0.3 is 10.1 Å². The lowest BCUT2D eigenvalue weighted by Gasteiger charge is -2.07. The highest BCUT2D eigenvalue weighted by Crippen LogP contribution is 2.25. The molecule has 118 valence electrons. The molecule has 1 fully saturated rings. The van der Waals surface area contributed by atoms with E-state index in [4.69, 9.17) is 4.74 Å². The van der Waals surface area contributed by atoms with E-state index in [0.29, 0.717) is 0 Å². The molecule has 1 heterocycles. The summed E-state index contributed by atoms with van der Waals surface area (Å²) in [4.78, 5) is 12.1. The van der Waals surface area contributed by atoms with Crippen LogP contribution in [0, 0.1) is 0 Å². The third-order valence-electron chi connectivity index (χ3n) is 3.31. The second-order valence-corrected chi connectivity index (χ2v) is 6.78. The van der Waals surface area contributed by atoms with Crippen molar-refractivity contribution in [2.24, 2.45) is 0 Å². The van der Waals surface area contributed by atoms with Crippen LogP contribution in [-0.4, -0.2) is 34.0 Å². The van der Waals surface area contributed by atoms with Crippen molar-refractivity contribution in [3.8, 4) is 0 Å². The maximum atomic E-state index is 12.7. The van der Waals surface area contributed by atoms with Crippen LogP contribution >= 0.6 is 0 Å². The van der Waals surface area contributed by atoms with Crippen molar-refractivity contribution in [2.75, 3.05) is 13.7 Å². The monoisotopic (exact) mass is 321 g/mol. The second kappa shape index (κ2) is 6.89. The van der Waals surface area contributed by atoms with E-state index in [-0.39, 0.29) is 16.4 Å². The maximum Gasteiger partial charge on any atom is 0.210 e. The fraction of sp³-hybridized carbons (Fsp3) is 0.312. The topological polar surface area (TPSA) is 75.8 Å². The number of ether oxygens (including phenoxy) is 1. The molecule has 6 heteroatoms. The fourth-order valence-corrected chi connectivity index (χ4v) is 3.33. The first-order valence-corrected chi connectivity index (χ1v) is 8.53. The van der Waals surface area contributed by atoms with Gasteiger partial charge in [-0.15, -0.1) is 0 Å². The zero-order valence-electron chi connectivity index (χ0n) is 12.6. The standard InChI is InChI=1S/C16H19NO4S/c1-3-12-6-8-13(9-7-12)22(19,20)15(5-4-10-17-2)16(18)14-11-21-14/h4-10,14,17H,3,11H2,1-2H3/b10-4+,15-5+. The van der Waals surface area contributed by atoms with Crippen LogP contribution in [0.25, 0.3) is 0 Å². The Bertz CT molecular complexity index is 698. The van der Waals surface area contributed by atoms with E-state index in [0.717, 1.165) is 12.0 Å². The molecule has 22 heavy (non-hydrogen) atoms. The minimum atomic E-state index is -3.86. The highest BCUT2D eigenvalue weighted by Gasteiger charge is 2.38. The summed E-state index contributed by atoms with van der Waals surface area (Å²) in [5, 5.41) is 2.75. The van der Waals surface area contributed by atoms with E-state index in [2.05, 4.69) is 5.32 Å². The Morgan fingerprint density at radius 2 is 2.00 bits per heavy atom. The maximum absolute atomic E-state index is 12.7. The summed E-state index contributed by atoms with van der Waals surface area (Å²) in [6.45, 7) is 2.27. The molecule has 5 nitrogen and oxygen atoms in total. The molecule has 1 aliphatic heterocycles. The van der Waals surface area contributed by atoms with Crippen LogP contribution in [0.3, 0.4) is 0 Å². The zero-order valence-corrected chi connectivity index (χ0v) is 13.4. The van der Waals surface area contributed by atoms with E-state index >= 15 is 0 Å². The molecule has 1 unspecified atom stereocenters. The van der Waals surface area contributed by atoms with Gasteiger partial charge in [-0.1, -0.05) is 19.1 Å². The Kier molecular flexibility index (Phi) is 5.15. The molecular formula is C16H19NO4S. The number of benzene rings is 1. The molecule has 1 saturated heterocycles. The quantitative estimate of drug-likeness (QED) is 0.469. The van der Waals surface area contributed by atoms with Crippen molar-refractivity contribution in [1.82, 2.24) is 5.32 Å². The number of allylic oxidation sites excluding steroid dienone is 2. The van der Waals surface area contributed by atoms with E-state index in [1.54, 1.807) is 25.4 Å². The third kappa shape index (κ3) is 3.64. The van der Waals surface area contributed by atoms with E-state index in [9.17, 15) is 13.2 Å².